The van der Waals surface area contributed by atoms with E-state index < -0.39 is 9.84 Å². The van der Waals surface area contributed by atoms with E-state index in [-0.39, 0.29) is 16.5 Å². The second kappa shape index (κ2) is 8.29. The largest absolute Gasteiger partial charge is 0.339 e. The molecule has 0 aliphatic carbocycles. The maximum Gasteiger partial charge on any atom is 0.183 e. The number of nitrogens with one attached hydrogen (secondary N) is 2. The van der Waals surface area contributed by atoms with Gasteiger partial charge in [0.1, 0.15) is 4.90 Å². The van der Waals surface area contributed by atoms with Gasteiger partial charge in [0, 0.05) is 22.7 Å². The molecule has 162 valence electrons. The Balaban J connectivity index is 1.52. The zero-order chi connectivity index (χ0) is 22.1. The molecule has 0 atom stereocenters. The zero-order valence-electron chi connectivity index (χ0n) is 16.8. The smallest absolute Gasteiger partial charge is 0.183 e. The van der Waals surface area contributed by atoms with Crippen LogP contribution >= 0.6 is 11.6 Å². The van der Waals surface area contributed by atoms with Crippen LogP contribution in [0.2, 0.25) is 5.02 Å². The van der Waals surface area contributed by atoms with Crippen molar-refractivity contribution in [3.8, 4) is 11.4 Å². The van der Waals surface area contributed by atoms with Gasteiger partial charge in [0.05, 0.1) is 11.4 Å². The fraction of sp³-hybridized carbons (Fsp3) is 0.190. The number of aromatic nitrogens is 6. The third-order valence-electron chi connectivity index (χ3n) is 5.12. The topological polar surface area (TPSA) is 126 Å². The van der Waals surface area contributed by atoms with Crippen molar-refractivity contribution in [1.29, 1.82) is 0 Å². The lowest BCUT2D eigenvalue weighted by Crippen LogP contribution is -2.20. The molecule has 0 amide bonds. The van der Waals surface area contributed by atoms with Crippen LogP contribution in [0.1, 0.15) is 23.5 Å². The molecule has 2 N–H and O–H groups in total. The first-order valence-corrected chi connectivity index (χ1v) is 12.0. The van der Waals surface area contributed by atoms with E-state index >= 15 is 0 Å². The normalized spacial score (nSPS) is 14.7. The van der Waals surface area contributed by atoms with E-state index in [0.717, 1.165) is 11.1 Å². The minimum atomic E-state index is -3.48. The standard InChI is InChI=1S/C21H18ClN7O2S/c22-15-4-1-3-14(12-15)20-24-17-5-2-10-32(30,31)19(17)21(25-20)23-16-8-6-13(7-9-16)11-18-26-28-29-27-18/h1,3-4,6-9,12H,2,5,10-11H2,(H,23,24,25)(H,26,27,28,29). The number of nitrogens with zero attached hydrogens (tertiary/aromatic N) is 5. The molecule has 0 saturated heterocycles. The average molecular weight is 468 g/mol. The third-order valence-corrected chi connectivity index (χ3v) is 7.24. The Labute approximate surface area is 189 Å². The number of benzene rings is 2. The highest BCUT2D eigenvalue weighted by molar-refractivity contribution is 7.91. The molecule has 2 aromatic heterocycles. The van der Waals surface area contributed by atoms with E-state index in [4.69, 9.17) is 11.6 Å². The summed E-state index contributed by atoms with van der Waals surface area (Å²) in [6.07, 6.45) is 1.64. The molecule has 0 saturated carbocycles. The van der Waals surface area contributed by atoms with Crippen LogP contribution < -0.4 is 5.32 Å². The SMILES string of the molecule is O=S1(=O)CCCc2nc(-c3cccc(Cl)c3)nc(Nc3ccc(Cc4nn[nH]n4)cc3)c21. The molecule has 5 rings (SSSR count). The average Bonchev–Trinajstić information content (AvgIpc) is 3.27. The summed E-state index contributed by atoms with van der Waals surface area (Å²) >= 11 is 6.14. The first kappa shape index (κ1) is 20.5. The van der Waals surface area contributed by atoms with Crippen LogP contribution in [0.15, 0.2) is 53.4 Å². The summed E-state index contributed by atoms with van der Waals surface area (Å²) in [6, 6.07) is 14.7. The van der Waals surface area contributed by atoms with Crippen LogP contribution in [0.5, 0.6) is 0 Å². The molecule has 32 heavy (non-hydrogen) atoms. The Morgan fingerprint density at radius 2 is 1.94 bits per heavy atom. The van der Waals surface area contributed by atoms with Crippen LogP contribution in [0, 0.1) is 0 Å². The molecule has 0 fully saturated rings. The highest BCUT2D eigenvalue weighted by Gasteiger charge is 2.30. The van der Waals surface area contributed by atoms with Gasteiger partial charge in [-0.25, -0.2) is 18.4 Å². The Morgan fingerprint density at radius 3 is 2.69 bits per heavy atom. The number of H-pyrrole nitrogens is 1. The van der Waals surface area contributed by atoms with Crippen LogP contribution in [-0.2, 0) is 22.7 Å². The van der Waals surface area contributed by atoms with Gasteiger partial charge in [-0.05, 0) is 42.7 Å². The summed E-state index contributed by atoms with van der Waals surface area (Å²) in [5.41, 5.74) is 2.95. The maximum absolute atomic E-state index is 12.9. The number of sulfone groups is 1. The quantitative estimate of drug-likeness (QED) is 0.457. The molecule has 0 radical (unpaired) electrons. The van der Waals surface area contributed by atoms with Gasteiger partial charge in [-0.3, -0.25) is 0 Å². The van der Waals surface area contributed by atoms with E-state index in [2.05, 4.69) is 35.9 Å². The summed E-state index contributed by atoms with van der Waals surface area (Å²) in [5, 5.41) is 17.6. The van der Waals surface area contributed by atoms with Crippen LogP contribution in [0.25, 0.3) is 11.4 Å². The van der Waals surface area contributed by atoms with E-state index in [1.165, 1.54) is 0 Å². The van der Waals surface area contributed by atoms with Crippen molar-refractivity contribution in [2.45, 2.75) is 24.2 Å². The Bertz CT molecular complexity index is 1370. The molecule has 4 aromatic rings. The summed E-state index contributed by atoms with van der Waals surface area (Å²) in [4.78, 5) is 9.32. The zero-order valence-corrected chi connectivity index (χ0v) is 18.4. The van der Waals surface area contributed by atoms with Gasteiger partial charge in [-0.1, -0.05) is 41.1 Å². The fourth-order valence-electron chi connectivity index (χ4n) is 3.65. The van der Waals surface area contributed by atoms with Crippen molar-refractivity contribution in [3.63, 3.8) is 0 Å². The Morgan fingerprint density at radius 1 is 1.09 bits per heavy atom. The minimum absolute atomic E-state index is 0.0815. The van der Waals surface area contributed by atoms with Crippen molar-refractivity contribution in [2.75, 3.05) is 11.1 Å². The number of rotatable bonds is 5. The Kier molecular flexibility index (Phi) is 5.32. The van der Waals surface area contributed by atoms with Crippen LogP contribution in [0.4, 0.5) is 11.5 Å². The van der Waals surface area contributed by atoms with E-state index in [0.29, 0.717) is 47.3 Å². The van der Waals surface area contributed by atoms with Gasteiger partial charge in [0.15, 0.2) is 27.3 Å². The second-order valence-electron chi connectivity index (χ2n) is 7.43. The number of aryl methyl sites for hydroxylation is 1. The van der Waals surface area contributed by atoms with Crippen molar-refractivity contribution < 1.29 is 8.42 Å². The van der Waals surface area contributed by atoms with Crippen molar-refractivity contribution in [2.24, 2.45) is 0 Å². The monoisotopic (exact) mass is 467 g/mol. The maximum atomic E-state index is 12.9. The molecule has 1 aliphatic rings. The summed E-state index contributed by atoms with van der Waals surface area (Å²) in [6.45, 7) is 0. The van der Waals surface area contributed by atoms with E-state index in [9.17, 15) is 8.42 Å². The predicted octanol–water partition coefficient (Wildman–Crippen LogP) is 3.36. The van der Waals surface area contributed by atoms with Gasteiger partial charge < -0.3 is 5.32 Å². The first-order valence-electron chi connectivity index (χ1n) is 9.96. The highest BCUT2D eigenvalue weighted by Crippen LogP contribution is 2.34. The number of aromatic amines is 1. The van der Waals surface area contributed by atoms with Gasteiger partial charge in [0.25, 0.3) is 0 Å². The Hall–Kier alpha value is -3.37. The van der Waals surface area contributed by atoms with Gasteiger partial charge >= 0.3 is 0 Å². The molecule has 0 spiro atoms. The van der Waals surface area contributed by atoms with E-state index in [1.54, 1.807) is 12.1 Å². The van der Waals surface area contributed by atoms with Gasteiger partial charge in [-0.2, -0.15) is 5.21 Å². The molecule has 0 bridgehead atoms. The summed E-state index contributed by atoms with van der Waals surface area (Å²) in [7, 11) is -3.48. The van der Waals surface area contributed by atoms with Gasteiger partial charge in [-0.15, -0.1) is 10.2 Å². The summed E-state index contributed by atoms with van der Waals surface area (Å²) in [5.74, 6) is 1.38. The number of tetrazole rings is 1. The number of hydrogen-bond acceptors (Lipinski definition) is 8. The lowest BCUT2D eigenvalue weighted by molar-refractivity contribution is 0.584. The van der Waals surface area contributed by atoms with E-state index in [1.807, 2.05) is 36.4 Å². The van der Waals surface area contributed by atoms with Gasteiger partial charge in [0.2, 0.25) is 0 Å². The summed E-state index contributed by atoms with van der Waals surface area (Å²) < 4.78 is 25.7. The molecule has 11 heteroatoms. The predicted molar refractivity (Wildman–Crippen MR) is 120 cm³/mol. The number of halogens is 1. The fourth-order valence-corrected chi connectivity index (χ4v) is 5.47. The third kappa shape index (κ3) is 4.19. The molecule has 1 aliphatic heterocycles. The highest BCUT2D eigenvalue weighted by atomic mass is 35.5. The molecular weight excluding hydrogens is 450 g/mol. The second-order valence-corrected chi connectivity index (χ2v) is 9.91. The lowest BCUT2D eigenvalue weighted by Gasteiger charge is -2.20. The number of hydrogen-bond donors (Lipinski definition) is 2. The molecule has 0 unspecified atom stereocenters. The van der Waals surface area contributed by atoms with Crippen LogP contribution in [-0.4, -0.2) is 44.8 Å². The van der Waals surface area contributed by atoms with Crippen molar-refractivity contribution in [1.82, 2.24) is 30.6 Å². The molecular formula is C21H18ClN7O2S. The molecule has 2 aromatic carbocycles. The lowest BCUT2D eigenvalue weighted by atomic mass is 10.1. The molecule has 9 nitrogen and oxygen atoms in total. The van der Waals surface area contributed by atoms with Crippen LogP contribution in [0.3, 0.4) is 0 Å². The minimum Gasteiger partial charge on any atom is -0.339 e. The molecule has 3 heterocycles. The van der Waals surface area contributed by atoms with Crippen molar-refractivity contribution in [3.05, 3.63) is 70.6 Å². The number of fused-ring (bicyclic) bond motifs is 1. The number of anilines is 2. The first-order chi connectivity index (χ1) is 15.5. The van der Waals surface area contributed by atoms with Crippen molar-refractivity contribution >= 4 is 32.9 Å².